The van der Waals surface area contributed by atoms with Crippen LogP contribution in [0.3, 0.4) is 0 Å². The van der Waals surface area contributed by atoms with E-state index in [2.05, 4.69) is 16.0 Å². The van der Waals surface area contributed by atoms with Crippen molar-refractivity contribution in [3.05, 3.63) is 52.0 Å². The molecule has 0 aromatic heterocycles. The Kier molecular flexibility index (Phi) is 6.67. The molecule has 3 N–H and O–H groups in total. The van der Waals surface area contributed by atoms with Crippen molar-refractivity contribution in [2.24, 2.45) is 0 Å². The minimum atomic E-state index is -0.260. The number of hydrogen-bond donors (Lipinski definition) is 3. The highest BCUT2D eigenvalue weighted by molar-refractivity contribution is 6.44. The van der Waals surface area contributed by atoms with Crippen molar-refractivity contribution in [1.82, 2.24) is 0 Å². The van der Waals surface area contributed by atoms with Gasteiger partial charge in [0.25, 0.3) is 0 Å². The van der Waals surface area contributed by atoms with Crippen molar-refractivity contribution < 1.29 is 9.59 Å². The number of anilines is 3. The summed E-state index contributed by atoms with van der Waals surface area (Å²) in [4.78, 5) is 23.6. The SMILES string of the molecule is CCC(=O)Nc1cc(NCC(=O)Nc2cccc(Cl)c2Cl)ccc1C. The van der Waals surface area contributed by atoms with Gasteiger partial charge in [0.15, 0.2) is 0 Å². The number of aryl methyl sites for hydroxylation is 1. The average Bonchev–Trinajstić information content (AvgIpc) is 2.59. The first-order chi connectivity index (χ1) is 11.9. The Bertz CT molecular complexity index is 794. The van der Waals surface area contributed by atoms with Gasteiger partial charge in [-0.3, -0.25) is 9.59 Å². The molecule has 0 aliphatic carbocycles. The summed E-state index contributed by atoms with van der Waals surface area (Å²) in [6.07, 6.45) is 0.403. The molecular weight excluding hydrogens is 361 g/mol. The van der Waals surface area contributed by atoms with Gasteiger partial charge in [-0.05, 0) is 36.8 Å². The van der Waals surface area contributed by atoms with Crippen LogP contribution in [0.15, 0.2) is 36.4 Å². The molecule has 0 radical (unpaired) electrons. The fourth-order valence-corrected chi connectivity index (χ4v) is 2.43. The molecule has 0 aliphatic heterocycles. The topological polar surface area (TPSA) is 70.2 Å². The van der Waals surface area contributed by atoms with E-state index in [9.17, 15) is 9.59 Å². The third kappa shape index (κ3) is 5.37. The quantitative estimate of drug-likeness (QED) is 0.680. The predicted molar refractivity (Wildman–Crippen MR) is 104 cm³/mol. The number of nitrogens with one attached hydrogen (secondary N) is 3. The summed E-state index contributed by atoms with van der Waals surface area (Å²) in [6.45, 7) is 3.74. The monoisotopic (exact) mass is 379 g/mol. The van der Waals surface area contributed by atoms with Crippen molar-refractivity contribution in [3.8, 4) is 0 Å². The highest BCUT2D eigenvalue weighted by Crippen LogP contribution is 2.29. The van der Waals surface area contributed by atoms with Gasteiger partial charge in [0.1, 0.15) is 0 Å². The van der Waals surface area contributed by atoms with Crippen LogP contribution in [0.25, 0.3) is 0 Å². The van der Waals surface area contributed by atoms with Crippen molar-refractivity contribution >= 4 is 52.1 Å². The summed E-state index contributed by atoms with van der Waals surface area (Å²) in [5.74, 6) is -0.322. The first-order valence-electron chi connectivity index (χ1n) is 7.79. The molecule has 132 valence electrons. The summed E-state index contributed by atoms with van der Waals surface area (Å²) in [6, 6.07) is 10.5. The van der Waals surface area contributed by atoms with Crippen molar-refractivity contribution in [1.29, 1.82) is 0 Å². The number of carbonyl (C=O) groups excluding carboxylic acids is 2. The van der Waals surface area contributed by atoms with Crippen molar-refractivity contribution in [2.75, 3.05) is 22.5 Å². The predicted octanol–water partition coefficient (Wildman–Crippen LogP) is 4.70. The van der Waals surface area contributed by atoms with Crippen LogP contribution in [-0.2, 0) is 9.59 Å². The lowest BCUT2D eigenvalue weighted by molar-refractivity contribution is -0.116. The molecule has 2 aromatic carbocycles. The zero-order valence-corrected chi connectivity index (χ0v) is 15.5. The van der Waals surface area contributed by atoms with Crippen LogP contribution in [0.1, 0.15) is 18.9 Å². The van der Waals surface area contributed by atoms with Gasteiger partial charge in [-0.2, -0.15) is 0 Å². The molecule has 0 aliphatic rings. The van der Waals surface area contributed by atoms with E-state index >= 15 is 0 Å². The van der Waals surface area contributed by atoms with Gasteiger partial charge in [0.05, 0.1) is 22.3 Å². The zero-order chi connectivity index (χ0) is 18.4. The van der Waals surface area contributed by atoms with E-state index in [1.807, 2.05) is 19.1 Å². The number of benzene rings is 2. The Labute approximate surface area is 156 Å². The van der Waals surface area contributed by atoms with Gasteiger partial charge in [-0.25, -0.2) is 0 Å². The van der Waals surface area contributed by atoms with Gasteiger partial charge >= 0.3 is 0 Å². The molecule has 0 spiro atoms. The second-order valence-corrected chi connectivity index (χ2v) is 6.22. The minimum Gasteiger partial charge on any atom is -0.376 e. The van der Waals surface area contributed by atoms with E-state index in [-0.39, 0.29) is 18.4 Å². The molecule has 0 saturated heterocycles. The number of halogens is 2. The number of amides is 2. The summed E-state index contributed by atoms with van der Waals surface area (Å²) >= 11 is 12.0. The van der Waals surface area contributed by atoms with Crippen molar-refractivity contribution in [3.63, 3.8) is 0 Å². The van der Waals surface area contributed by atoms with E-state index in [1.54, 1.807) is 31.2 Å². The van der Waals surface area contributed by atoms with E-state index in [0.29, 0.717) is 22.2 Å². The first-order valence-corrected chi connectivity index (χ1v) is 8.54. The molecule has 7 heteroatoms. The summed E-state index contributed by atoms with van der Waals surface area (Å²) in [7, 11) is 0. The lowest BCUT2D eigenvalue weighted by Gasteiger charge is -2.12. The standard InChI is InChI=1S/C18H19Cl2N3O2/c1-3-16(24)23-15-9-12(8-7-11(15)2)21-10-17(25)22-14-6-4-5-13(19)18(14)20/h4-9,21H,3,10H2,1-2H3,(H,22,25)(H,23,24). The zero-order valence-electron chi connectivity index (χ0n) is 14.0. The lowest BCUT2D eigenvalue weighted by Crippen LogP contribution is -2.22. The smallest absolute Gasteiger partial charge is 0.243 e. The van der Waals surface area contributed by atoms with Crippen LogP contribution in [0.4, 0.5) is 17.1 Å². The second-order valence-electron chi connectivity index (χ2n) is 5.43. The van der Waals surface area contributed by atoms with Gasteiger partial charge < -0.3 is 16.0 Å². The molecule has 0 bridgehead atoms. The van der Waals surface area contributed by atoms with Crippen LogP contribution < -0.4 is 16.0 Å². The molecule has 0 heterocycles. The Balaban J connectivity index is 1.98. The average molecular weight is 380 g/mol. The summed E-state index contributed by atoms with van der Waals surface area (Å²) < 4.78 is 0. The Morgan fingerprint density at radius 1 is 1.00 bits per heavy atom. The Morgan fingerprint density at radius 3 is 2.44 bits per heavy atom. The van der Waals surface area contributed by atoms with Crippen LogP contribution in [0.2, 0.25) is 10.0 Å². The molecule has 25 heavy (non-hydrogen) atoms. The number of rotatable bonds is 6. The maximum Gasteiger partial charge on any atom is 0.243 e. The fourth-order valence-electron chi connectivity index (χ4n) is 2.08. The van der Waals surface area contributed by atoms with Crippen LogP contribution >= 0.6 is 23.2 Å². The highest BCUT2D eigenvalue weighted by atomic mass is 35.5. The highest BCUT2D eigenvalue weighted by Gasteiger charge is 2.09. The summed E-state index contributed by atoms with van der Waals surface area (Å²) in [5.41, 5.74) is 2.85. The van der Waals surface area contributed by atoms with E-state index in [4.69, 9.17) is 23.2 Å². The van der Waals surface area contributed by atoms with E-state index in [0.717, 1.165) is 16.9 Å². The molecule has 5 nitrogen and oxygen atoms in total. The van der Waals surface area contributed by atoms with Gasteiger partial charge in [0.2, 0.25) is 11.8 Å². The van der Waals surface area contributed by atoms with Crippen molar-refractivity contribution in [2.45, 2.75) is 20.3 Å². The van der Waals surface area contributed by atoms with E-state index in [1.165, 1.54) is 0 Å². The lowest BCUT2D eigenvalue weighted by atomic mass is 10.1. The first kappa shape index (κ1) is 19.1. The maximum absolute atomic E-state index is 12.1. The maximum atomic E-state index is 12.1. The molecule has 0 unspecified atom stereocenters. The second kappa shape index (κ2) is 8.74. The molecular formula is C18H19Cl2N3O2. The normalized spacial score (nSPS) is 10.2. The Morgan fingerprint density at radius 2 is 1.72 bits per heavy atom. The van der Waals surface area contributed by atoms with Crippen LogP contribution in [0, 0.1) is 6.92 Å². The van der Waals surface area contributed by atoms with Gasteiger partial charge in [0, 0.05) is 17.8 Å². The van der Waals surface area contributed by atoms with Crippen LogP contribution in [-0.4, -0.2) is 18.4 Å². The van der Waals surface area contributed by atoms with Gasteiger partial charge in [-0.15, -0.1) is 0 Å². The molecule has 2 amide bonds. The third-order valence-electron chi connectivity index (χ3n) is 3.51. The molecule has 0 atom stereocenters. The largest absolute Gasteiger partial charge is 0.376 e. The molecule has 2 aromatic rings. The minimum absolute atomic E-state index is 0.0487. The summed E-state index contributed by atoms with van der Waals surface area (Å²) in [5, 5.41) is 9.23. The number of carbonyl (C=O) groups is 2. The number of hydrogen-bond acceptors (Lipinski definition) is 3. The van der Waals surface area contributed by atoms with E-state index < -0.39 is 0 Å². The third-order valence-corrected chi connectivity index (χ3v) is 4.33. The van der Waals surface area contributed by atoms with Gasteiger partial charge in [-0.1, -0.05) is 42.3 Å². The fraction of sp³-hybridized carbons (Fsp3) is 0.222. The molecule has 2 rings (SSSR count). The Hall–Kier alpha value is -2.24. The van der Waals surface area contributed by atoms with Crippen LogP contribution in [0.5, 0.6) is 0 Å². The molecule has 0 saturated carbocycles. The molecule has 0 fully saturated rings.